The number of benzene rings is 2. The molecule has 142 valence electrons. The van der Waals surface area contributed by atoms with E-state index in [-0.39, 0.29) is 30.3 Å². The molecule has 3 rings (SSSR count). The molecule has 3 atom stereocenters. The lowest BCUT2D eigenvalue weighted by molar-refractivity contribution is -0.132. The van der Waals surface area contributed by atoms with Crippen LogP contribution in [0.2, 0.25) is 0 Å². The van der Waals surface area contributed by atoms with E-state index in [4.69, 9.17) is 5.73 Å². The molecule has 27 heavy (non-hydrogen) atoms. The molecule has 0 bridgehead atoms. The fourth-order valence-corrected chi connectivity index (χ4v) is 3.72. The van der Waals surface area contributed by atoms with Crippen molar-refractivity contribution in [2.45, 2.75) is 31.8 Å². The van der Waals surface area contributed by atoms with Crippen LogP contribution in [0.5, 0.6) is 0 Å². The van der Waals surface area contributed by atoms with Crippen molar-refractivity contribution in [1.82, 2.24) is 10.2 Å². The van der Waals surface area contributed by atoms with E-state index in [2.05, 4.69) is 12.2 Å². The van der Waals surface area contributed by atoms with Crippen LogP contribution in [0.4, 0.5) is 0 Å². The van der Waals surface area contributed by atoms with E-state index in [1.807, 2.05) is 53.4 Å². The minimum absolute atomic E-state index is 0.0562. The van der Waals surface area contributed by atoms with Crippen LogP contribution >= 0.6 is 0 Å². The van der Waals surface area contributed by atoms with Crippen molar-refractivity contribution in [3.05, 3.63) is 71.8 Å². The molecule has 1 saturated heterocycles. The second kappa shape index (κ2) is 8.82. The van der Waals surface area contributed by atoms with Gasteiger partial charge >= 0.3 is 0 Å². The third-order valence-corrected chi connectivity index (χ3v) is 5.24. The molecule has 2 amide bonds. The van der Waals surface area contributed by atoms with Gasteiger partial charge < -0.3 is 16.0 Å². The Balaban J connectivity index is 1.75. The Morgan fingerprint density at radius 1 is 1.11 bits per heavy atom. The van der Waals surface area contributed by atoms with Crippen LogP contribution in [0.1, 0.15) is 41.7 Å². The first-order chi connectivity index (χ1) is 13.1. The van der Waals surface area contributed by atoms with Crippen LogP contribution in [-0.4, -0.2) is 35.8 Å². The number of nitrogens with two attached hydrogens (primary N) is 1. The Morgan fingerprint density at radius 2 is 1.74 bits per heavy atom. The molecule has 5 heteroatoms. The van der Waals surface area contributed by atoms with Crippen molar-refractivity contribution in [3.63, 3.8) is 0 Å². The maximum Gasteiger partial charge on any atom is 0.251 e. The number of nitrogens with zero attached hydrogens (tertiary/aromatic N) is 1. The van der Waals surface area contributed by atoms with Gasteiger partial charge in [-0.05, 0) is 43.5 Å². The minimum atomic E-state index is -0.365. The zero-order valence-electron chi connectivity index (χ0n) is 15.7. The maximum atomic E-state index is 13.0. The summed E-state index contributed by atoms with van der Waals surface area (Å²) in [6.45, 7) is 3.36. The van der Waals surface area contributed by atoms with Gasteiger partial charge in [-0.1, -0.05) is 48.5 Å². The molecular formula is C22H27N3O2. The fraction of sp³-hybridized carbons (Fsp3) is 0.364. The van der Waals surface area contributed by atoms with Crippen molar-refractivity contribution in [2.75, 3.05) is 13.1 Å². The van der Waals surface area contributed by atoms with Gasteiger partial charge in [-0.2, -0.15) is 0 Å². The van der Waals surface area contributed by atoms with Gasteiger partial charge in [0.1, 0.15) is 0 Å². The molecule has 0 aliphatic carbocycles. The molecule has 0 radical (unpaired) electrons. The molecule has 2 aromatic rings. The largest absolute Gasteiger partial charge is 0.345 e. The Hall–Kier alpha value is -2.66. The summed E-state index contributed by atoms with van der Waals surface area (Å²) < 4.78 is 0. The highest BCUT2D eigenvalue weighted by Gasteiger charge is 2.33. The number of nitrogens with one attached hydrogen (secondary N) is 1. The lowest BCUT2D eigenvalue weighted by Gasteiger charge is -2.25. The number of hydrogen-bond donors (Lipinski definition) is 2. The molecule has 0 aromatic heterocycles. The monoisotopic (exact) mass is 365 g/mol. The predicted molar refractivity (Wildman–Crippen MR) is 106 cm³/mol. The fourth-order valence-electron chi connectivity index (χ4n) is 3.72. The molecule has 2 aromatic carbocycles. The average Bonchev–Trinajstić information content (AvgIpc) is 3.09. The molecule has 1 heterocycles. The number of rotatable bonds is 6. The Labute approximate surface area is 160 Å². The Morgan fingerprint density at radius 3 is 2.33 bits per heavy atom. The lowest BCUT2D eigenvalue weighted by atomic mass is 10.0. The highest BCUT2D eigenvalue weighted by Crippen LogP contribution is 2.26. The van der Waals surface area contributed by atoms with Gasteiger partial charge in [0.15, 0.2) is 0 Å². The summed E-state index contributed by atoms with van der Waals surface area (Å²) in [4.78, 5) is 27.5. The molecule has 0 saturated carbocycles. The van der Waals surface area contributed by atoms with Gasteiger partial charge in [-0.25, -0.2) is 0 Å². The van der Waals surface area contributed by atoms with Gasteiger partial charge in [0.2, 0.25) is 5.91 Å². The molecule has 5 nitrogen and oxygen atoms in total. The zero-order valence-corrected chi connectivity index (χ0v) is 15.7. The average molecular weight is 365 g/mol. The van der Waals surface area contributed by atoms with Crippen LogP contribution in [0.25, 0.3) is 0 Å². The molecule has 1 aliphatic heterocycles. The van der Waals surface area contributed by atoms with E-state index >= 15 is 0 Å². The van der Waals surface area contributed by atoms with E-state index in [1.54, 1.807) is 12.1 Å². The highest BCUT2D eigenvalue weighted by molar-refractivity contribution is 5.94. The van der Waals surface area contributed by atoms with Gasteiger partial charge in [-0.3, -0.25) is 9.59 Å². The van der Waals surface area contributed by atoms with Gasteiger partial charge in [-0.15, -0.1) is 0 Å². The van der Waals surface area contributed by atoms with Crippen molar-refractivity contribution in [3.8, 4) is 0 Å². The molecule has 3 N–H and O–H groups in total. The summed E-state index contributed by atoms with van der Waals surface area (Å²) in [5.41, 5.74) is 7.30. The highest BCUT2D eigenvalue weighted by atomic mass is 16.2. The summed E-state index contributed by atoms with van der Waals surface area (Å²) in [5, 5.41) is 3.03. The quantitative estimate of drug-likeness (QED) is 0.826. The predicted octanol–water partition coefficient (Wildman–Crippen LogP) is 2.74. The zero-order chi connectivity index (χ0) is 19.2. The van der Waals surface area contributed by atoms with Crippen LogP contribution < -0.4 is 11.1 Å². The van der Waals surface area contributed by atoms with Gasteiger partial charge in [0.25, 0.3) is 5.91 Å². The van der Waals surface area contributed by atoms with Crippen LogP contribution in [0.3, 0.4) is 0 Å². The second-order valence-corrected chi connectivity index (χ2v) is 7.24. The number of amides is 2. The van der Waals surface area contributed by atoms with Crippen LogP contribution in [0.15, 0.2) is 60.7 Å². The third kappa shape index (κ3) is 4.74. The molecule has 1 fully saturated rings. The number of hydrogen-bond acceptors (Lipinski definition) is 3. The summed E-state index contributed by atoms with van der Waals surface area (Å²) in [6, 6.07) is 18.6. The standard InChI is InChI=1S/C22H27N3O2/c1-16-12-17(14-23)15-25(16)21(26)13-20(18-8-4-2-5-9-18)24-22(27)19-10-6-3-7-11-19/h2-11,16-17,20H,12-15,23H2,1H3,(H,24,27). The van der Waals surface area contributed by atoms with E-state index in [1.165, 1.54) is 0 Å². The third-order valence-electron chi connectivity index (χ3n) is 5.24. The molecule has 0 spiro atoms. The maximum absolute atomic E-state index is 13.0. The lowest BCUT2D eigenvalue weighted by Crippen LogP contribution is -2.38. The van der Waals surface area contributed by atoms with Crippen molar-refractivity contribution < 1.29 is 9.59 Å². The topological polar surface area (TPSA) is 75.4 Å². The summed E-state index contributed by atoms with van der Waals surface area (Å²) >= 11 is 0. The van der Waals surface area contributed by atoms with Crippen molar-refractivity contribution in [2.24, 2.45) is 11.7 Å². The summed E-state index contributed by atoms with van der Waals surface area (Å²) in [7, 11) is 0. The normalized spacial score (nSPS) is 20.3. The van der Waals surface area contributed by atoms with E-state index in [0.29, 0.717) is 24.6 Å². The number of carbonyl (C=O) groups is 2. The first-order valence-corrected chi connectivity index (χ1v) is 9.49. The van der Waals surface area contributed by atoms with Crippen molar-refractivity contribution >= 4 is 11.8 Å². The molecular weight excluding hydrogens is 338 g/mol. The smallest absolute Gasteiger partial charge is 0.251 e. The van der Waals surface area contributed by atoms with Crippen LogP contribution in [0, 0.1) is 5.92 Å². The summed E-state index contributed by atoms with van der Waals surface area (Å²) in [5.74, 6) is 0.241. The Kier molecular flexibility index (Phi) is 6.24. The molecule has 1 aliphatic rings. The van der Waals surface area contributed by atoms with E-state index < -0.39 is 0 Å². The van der Waals surface area contributed by atoms with E-state index in [9.17, 15) is 9.59 Å². The van der Waals surface area contributed by atoms with Gasteiger partial charge in [0.05, 0.1) is 12.5 Å². The number of carbonyl (C=O) groups excluding carboxylic acids is 2. The van der Waals surface area contributed by atoms with Gasteiger partial charge in [0, 0.05) is 18.2 Å². The first kappa shape index (κ1) is 19.1. The van der Waals surface area contributed by atoms with Crippen LogP contribution in [-0.2, 0) is 4.79 Å². The minimum Gasteiger partial charge on any atom is -0.345 e. The second-order valence-electron chi connectivity index (χ2n) is 7.24. The summed E-state index contributed by atoms with van der Waals surface area (Å²) in [6.07, 6.45) is 1.18. The SMILES string of the molecule is CC1CC(CN)CN1C(=O)CC(NC(=O)c1ccccc1)c1ccccc1. The first-order valence-electron chi connectivity index (χ1n) is 9.49. The Bertz CT molecular complexity index is 764. The van der Waals surface area contributed by atoms with Crippen molar-refractivity contribution in [1.29, 1.82) is 0 Å². The van der Waals surface area contributed by atoms with E-state index in [0.717, 1.165) is 12.0 Å². The number of likely N-dealkylation sites (tertiary alicyclic amines) is 1. The molecule has 3 unspecified atom stereocenters.